The number of aryl methyl sites for hydroxylation is 2. The first-order valence-electron chi connectivity index (χ1n) is 6.33. The number of hydrogen-bond acceptors (Lipinski definition) is 4. The maximum atomic E-state index is 11.5. The van der Waals surface area contributed by atoms with Crippen molar-refractivity contribution in [3.05, 3.63) is 40.6 Å². The number of anilines is 2. The van der Waals surface area contributed by atoms with Crippen LogP contribution in [0.25, 0.3) is 0 Å². The molecule has 6 heteroatoms. The Balaban J connectivity index is 2.28. The number of hydrogen-bond donors (Lipinski definition) is 3. The highest BCUT2D eigenvalue weighted by Crippen LogP contribution is 2.21. The van der Waals surface area contributed by atoms with Gasteiger partial charge >= 0.3 is 0 Å². The van der Waals surface area contributed by atoms with Crippen LogP contribution in [-0.2, 0) is 13.6 Å². The molecule has 20 heavy (non-hydrogen) atoms. The average molecular weight is 273 g/mol. The molecule has 0 aliphatic carbocycles. The second-order valence-corrected chi connectivity index (χ2v) is 4.78. The van der Waals surface area contributed by atoms with Crippen LogP contribution in [0.3, 0.4) is 0 Å². The number of nitrogens with one attached hydrogen (secondary N) is 1. The fraction of sp³-hybridized carbons (Fsp3) is 0.286. The highest BCUT2D eigenvalue weighted by molar-refractivity contribution is 5.98. The molecular formula is C14H19N5O. The van der Waals surface area contributed by atoms with Gasteiger partial charge in [0.15, 0.2) is 0 Å². The van der Waals surface area contributed by atoms with Crippen LogP contribution in [0.15, 0.2) is 18.2 Å². The van der Waals surface area contributed by atoms with Crippen LogP contribution in [0.5, 0.6) is 0 Å². The molecule has 0 saturated heterocycles. The average Bonchev–Trinajstić information content (AvgIpc) is 2.65. The van der Waals surface area contributed by atoms with Gasteiger partial charge in [0, 0.05) is 19.3 Å². The molecule has 1 amide bonds. The monoisotopic (exact) mass is 273 g/mol. The van der Waals surface area contributed by atoms with Crippen LogP contribution in [-0.4, -0.2) is 15.7 Å². The van der Waals surface area contributed by atoms with E-state index in [1.807, 2.05) is 25.1 Å². The second-order valence-electron chi connectivity index (χ2n) is 4.78. The van der Waals surface area contributed by atoms with Crippen molar-refractivity contribution in [3.8, 4) is 0 Å². The number of amides is 1. The summed E-state index contributed by atoms with van der Waals surface area (Å²) in [4.78, 5) is 11.5. The Kier molecular flexibility index (Phi) is 3.65. The molecule has 0 radical (unpaired) electrons. The number of primary amides is 1. The number of rotatable bonds is 4. The summed E-state index contributed by atoms with van der Waals surface area (Å²) in [5, 5.41) is 7.43. The number of aromatic nitrogens is 2. The highest BCUT2D eigenvalue weighted by Gasteiger charge is 2.17. The molecule has 0 bridgehead atoms. The smallest absolute Gasteiger partial charge is 0.254 e. The molecule has 2 aromatic rings. The molecule has 1 aromatic carbocycles. The molecule has 2 rings (SSSR count). The Morgan fingerprint density at radius 1 is 1.40 bits per heavy atom. The minimum atomic E-state index is -0.484. The summed E-state index contributed by atoms with van der Waals surface area (Å²) < 4.78 is 1.62. The Morgan fingerprint density at radius 2 is 2.10 bits per heavy atom. The van der Waals surface area contributed by atoms with Crippen LogP contribution >= 0.6 is 0 Å². The molecule has 1 heterocycles. The third-order valence-electron chi connectivity index (χ3n) is 3.40. The molecule has 6 nitrogen and oxygen atoms in total. The number of carbonyl (C=O) groups is 1. The van der Waals surface area contributed by atoms with Crippen molar-refractivity contribution >= 4 is 17.4 Å². The van der Waals surface area contributed by atoms with Crippen molar-refractivity contribution in [2.45, 2.75) is 20.4 Å². The summed E-state index contributed by atoms with van der Waals surface area (Å²) >= 11 is 0. The maximum Gasteiger partial charge on any atom is 0.254 e. The van der Waals surface area contributed by atoms with Crippen molar-refractivity contribution in [1.82, 2.24) is 9.78 Å². The van der Waals surface area contributed by atoms with Gasteiger partial charge in [0.1, 0.15) is 11.4 Å². The van der Waals surface area contributed by atoms with E-state index in [1.165, 1.54) is 0 Å². The molecule has 0 saturated carbocycles. The van der Waals surface area contributed by atoms with Crippen molar-refractivity contribution < 1.29 is 4.79 Å². The summed E-state index contributed by atoms with van der Waals surface area (Å²) in [6.45, 7) is 4.28. The van der Waals surface area contributed by atoms with Crippen LogP contribution in [0.2, 0.25) is 0 Å². The number of nitrogen functional groups attached to an aromatic ring is 1. The minimum Gasteiger partial charge on any atom is -0.399 e. The summed E-state index contributed by atoms with van der Waals surface area (Å²) in [6.07, 6.45) is 0. The number of nitrogens with two attached hydrogens (primary N) is 2. The van der Waals surface area contributed by atoms with Crippen molar-refractivity contribution in [1.29, 1.82) is 0 Å². The maximum absolute atomic E-state index is 11.5. The van der Waals surface area contributed by atoms with Crippen molar-refractivity contribution in [2.75, 3.05) is 11.1 Å². The standard InChI is InChI=1S/C14H19N5O/c1-8-10(5-4-6-11(8)15)7-17-14-12(13(16)20)9(2)18-19(14)3/h4-6,17H,7,15H2,1-3H3,(H2,16,20). The largest absolute Gasteiger partial charge is 0.399 e. The third-order valence-corrected chi connectivity index (χ3v) is 3.40. The number of nitrogens with zero attached hydrogens (tertiary/aromatic N) is 2. The van der Waals surface area contributed by atoms with Crippen LogP contribution < -0.4 is 16.8 Å². The van der Waals surface area contributed by atoms with Crippen LogP contribution in [0.1, 0.15) is 27.2 Å². The molecular weight excluding hydrogens is 254 g/mol. The van der Waals surface area contributed by atoms with Gasteiger partial charge in [-0.2, -0.15) is 5.10 Å². The van der Waals surface area contributed by atoms with Crippen LogP contribution in [0, 0.1) is 13.8 Å². The molecule has 0 atom stereocenters. The van der Waals surface area contributed by atoms with E-state index in [0.29, 0.717) is 23.6 Å². The highest BCUT2D eigenvalue weighted by atomic mass is 16.1. The first kappa shape index (κ1) is 13.9. The quantitative estimate of drug-likeness (QED) is 0.732. The molecule has 1 aromatic heterocycles. The summed E-state index contributed by atoms with van der Waals surface area (Å²) in [5.74, 6) is 0.138. The summed E-state index contributed by atoms with van der Waals surface area (Å²) in [5.41, 5.74) is 15.2. The zero-order chi connectivity index (χ0) is 14.9. The minimum absolute atomic E-state index is 0.425. The van der Waals surface area contributed by atoms with Gasteiger partial charge in [-0.05, 0) is 31.0 Å². The topological polar surface area (TPSA) is 99.0 Å². The van der Waals surface area contributed by atoms with E-state index in [0.717, 1.165) is 16.8 Å². The predicted molar refractivity (Wildman–Crippen MR) is 79.4 cm³/mol. The third kappa shape index (κ3) is 2.45. The van der Waals surface area contributed by atoms with Gasteiger partial charge in [-0.15, -0.1) is 0 Å². The first-order chi connectivity index (χ1) is 9.41. The lowest BCUT2D eigenvalue weighted by atomic mass is 10.1. The van der Waals surface area contributed by atoms with E-state index in [9.17, 15) is 4.79 Å². The van der Waals surface area contributed by atoms with E-state index in [2.05, 4.69) is 10.4 Å². The lowest BCUT2D eigenvalue weighted by Crippen LogP contribution is -2.15. The second kappa shape index (κ2) is 5.24. The van der Waals surface area contributed by atoms with Gasteiger partial charge in [0.05, 0.1) is 5.69 Å². The Labute approximate surface area is 117 Å². The van der Waals surface area contributed by atoms with Gasteiger partial charge in [-0.3, -0.25) is 9.48 Å². The fourth-order valence-electron chi connectivity index (χ4n) is 2.23. The number of benzene rings is 1. The van der Waals surface area contributed by atoms with E-state index >= 15 is 0 Å². The lowest BCUT2D eigenvalue weighted by molar-refractivity contribution is 0.100. The zero-order valence-electron chi connectivity index (χ0n) is 11.9. The number of carbonyl (C=O) groups excluding carboxylic acids is 1. The van der Waals surface area contributed by atoms with E-state index < -0.39 is 5.91 Å². The van der Waals surface area contributed by atoms with E-state index in [4.69, 9.17) is 11.5 Å². The summed E-state index contributed by atoms with van der Waals surface area (Å²) in [7, 11) is 1.77. The van der Waals surface area contributed by atoms with Gasteiger partial charge in [-0.25, -0.2) is 0 Å². The van der Waals surface area contributed by atoms with E-state index in [1.54, 1.807) is 18.7 Å². The van der Waals surface area contributed by atoms with Gasteiger partial charge in [-0.1, -0.05) is 12.1 Å². The zero-order valence-corrected chi connectivity index (χ0v) is 11.9. The molecule has 5 N–H and O–H groups in total. The normalized spacial score (nSPS) is 10.6. The van der Waals surface area contributed by atoms with Gasteiger partial charge in [0.25, 0.3) is 5.91 Å². The van der Waals surface area contributed by atoms with Crippen molar-refractivity contribution in [3.63, 3.8) is 0 Å². The van der Waals surface area contributed by atoms with Crippen molar-refractivity contribution in [2.24, 2.45) is 12.8 Å². The predicted octanol–water partition coefficient (Wildman–Crippen LogP) is 1.33. The molecule has 0 aliphatic heterocycles. The Bertz CT molecular complexity index is 660. The lowest BCUT2D eigenvalue weighted by Gasteiger charge is -2.11. The van der Waals surface area contributed by atoms with Gasteiger partial charge in [0.2, 0.25) is 0 Å². The Morgan fingerprint density at radius 3 is 2.75 bits per heavy atom. The summed E-state index contributed by atoms with van der Waals surface area (Å²) in [6, 6.07) is 5.76. The van der Waals surface area contributed by atoms with E-state index in [-0.39, 0.29) is 0 Å². The van der Waals surface area contributed by atoms with Gasteiger partial charge < -0.3 is 16.8 Å². The molecule has 0 aliphatic rings. The molecule has 106 valence electrons. The SMILES string of the molecule is Cc1nn(C)c(NCc2cccc(N)c2C)c1C(N)=O. The molecule has 0 fully saturated rings. The fourth-order valence-corrected chi connectivity index (χ4v) is 2.23. The van der Waals surface area contributed by atoms with Crippen LogP contribution in [0.4, 0.5) is 11.5 Å². The first-order valence-corrected chi connectivity index (χ1v) is 6.33. The molecule has 0 unspecified atom stereocenters. The Hall–Kier alpha value is -2.50. The molecule has 0 spiro atoms.